The number of alkyl carbamates (subject to hydrolysis) is 1. The number of nitrogens with two attached hydrogens (primary N) is 1. The van der Waals surface area contributed by atoms with Crippen molar-refractivity contribution in [3.8, 4) is 0 Å². The largest absolute Gasteiger partial charge is 0.490 e. The Hall–Kier alpha value is -4.86. The smallest absolute Gasteiger partial charge is 0.480 e. The van der Waals surface area contributed by atoms with Crippen LogP contribution in [0.1, 0.15) is 62.5 Å². The van der Waals surface area contributed by atoms with Crippen LogP contribution in [0.25, 0.3) is 0 Å². The minimum Gasteiger partial charge on any atom is -0.480 e. The summed E-state index contributed by atoms with van der Waals surface area (Å²) in [6, 6.07) is 16.4. The fourth-order valence-electron chi connectivity index (χ4n) is 4.09. The second-order valence-corrected chi connectivity index (χ2v) is 10.7. The van der Waals surface area contributed by atoms with E-state index in [0.717, 1.165) is 11.1 Å². The van der Waals surface area contributed by atoms with Crippen LogP contribution in [-0.4, -0.2) is 78.1 Å². The van der Waals surface area contributed by atoms with Gasteiger partial charge in [0.05, 0.1) is 0 Å². The second-order valence-electron chi connectivity index (χ2n) is 10.7. The molecule has 2 aromatic carbocycles. The Morgan fingerprint density at radius 3 is 1.92 bits per heavy atom. The quantitative estimate of drug-likeness (QED) is 0.114. The van der Waals surface area contributed by atoms with Crippen molar-refractivity contribution in [1.29, 1.82) is 0 Å². The number of carbonyl (C=O) groups excluding carboxylic acids is 3. The van der Waals surface area contributed by atoms with E-state index >= 15 is 0 Å². The summed E-state index contributed by atoms with van der Waals surface area (Å²) in [7, 11) is 0. The summed E-state index contributed by atoms with van der Waals surface area (Å²) in [6.07, 6.45) is -2.83. The molecule has 1 unspecified atom stereocenters. The Labute approximate surface area is 276 Å². The van der Waals surface area contributed by atoms with Gasteiger partial charge in [0, 0.05) is 13.1 Å². The molecule has 8 N–H and O–H groups in total. The van der Waals surface area contributed by atoms with Crippen molar-refractivity contribution >= 4 is 30.0 Å². The molecular formula is C32H44F3N5O8. The zero-order valence-corrected chi connectivity index (χ0v) is 26.6. The molecule has 0 aromatic heterocycles. The van der Waals surface area contributed by atoms with Crippen molar-refractivity contribution < 1.29 is 52.1 Å². The number of halogens is 3. The molecule has 266 valence electrons. The van der Waals surface area contributed by atoms with Crippen molar-refractivity contribution in [2.45, 2.75) is 76.2 Å². The minimum atomic E-state index is -5.08. The first-order chi connectivity index (χ1) is 22.7. The van der Waals surface area contributed by atoms with Gasteiger partial charge in [-0.15, -0.1) is 0 Å². The molecule has 0 radical (unpaired) electrons. The number of carboxylic acid groups (broad SMARTS) is 2. The van der Waals surface area contributed by atoms with Gasteiger partial charge in [0.2, 0.25) is 5.91 Å². The van der Waals surface area contributed by atoms with Crippen LogP contribution in [0.2, 0.25) is 0 Å². The SMILES string of the molecule is CC(CNC(=O)[C@@H](CCCCNC(=O)OCc1ccccc1)NC(=O)N[C@@H](CCCCN)C(=O)O)c1ccccc1.O=C(O)C(F)(F)F. The van der Waals surface area contributed by atoms with E-state index in [1.807, 2.05) is 67.6 Å². The molecule has 0 aliphatic carbocycles. The summed E-state index contributed by atoms with van der Waals surface area (Å²) in [4.78, 5) is 58.2. The van der Waals surface area contributed by atoms with Crippen molar-refractivity contribution in [3.63, 3.8) is 0 Å². The molecule has 2 rings (SSSR count). The lowest BCUT2D eigenvalue weighted by Crippen LogP contribution is -2.53. The van der Waals surface area contributed by atoms with Gasteiger partial charge in [-0.3, -0.25) is 4.79 Å². The van der Waals surface area contributed by atoms with E-state index in [1.165, 1.54) is 0 Å². The summed E-state index contributed by atoms with van der Waals surface area (Å²) < 4.78 is 36.9. The molecule has 0 spiro atoms. The third kappa shape index (κ3) is 18.3. The molecule has 2 aromatic rings. The predicted octanol–water partition coefficient (Wildman–Crippen LogP) is 3.89. The highest BCUT2D eigenvalue weighted by atomic mass is 19.4. The number of urea groups is 1. The van der Waals surface area contributed by atoms with Crippen molar-refractivity contribution in [2.75, 3.05) is 19.6 Å². The summed E-state index contributed by atoms with van der Waals surface area (Å²) in [5.74, 6) is -4.22. The summed E-state index contributed by atoms with van der Waals surface area (Å²) in [5.41, 5.74) is 7.43. The first kappa shape index (κ1) is 41.2. The third-order valence-electron chi connectivity index (χ3n) is 6.77. The third-order valence-corrected chi connectivity index (χ3v) is 6.77. The number of carboxylic acids is 2. The number of alkyl halides is 3. The van der Waals surface area contributed by atoms with Gasteiger partial charge < -0.3 is 42.0 Å². The van der Waals surface area contributed by atoms with Crippen LogP contribution in [0.15, 0.2) is 60.7 Å². The van der Waals surface area contributed by atoms with Gasteiger partial charge in [0.15, 0.2) is 0 Å². The highest BCUT2D eigenvalue weighted by Gasteiger charge is 2.38. The van der Waals surface area contributed by atoms with E-state index in [9.17, 15) is 37.5 Å². The normalized spacial score (nSPS) is 12.6. The van der Waals surface area contributed by atoms with E-state index in [-0.39, 0.29) is 24.9 Å². The molecular weight excluding hydrogens is 639 g/mol. The van der Waals surface area contributed by atoms with Crippen molar-refractivity contribution in [3.05, 3.63) is 71.8 Å². The Bertz CT molecular complexity index is 1270. The predicted molar refractivity (Wildman–Crippen MR) is 170 cm³/mol. The fraction of sp³-hybridized carbons (Fsp3) is 0.469. The lowest BCUT2D eigenvalue weighted by molar-refractivity contribution is -0.192. The van der Waals surface area contributed by atoms with Gasteiger partial charge in [-0.05, 0) is 62.1 Å². The Balaban J connectivity index is 0.00000148. The van der Waals surface area contributed by atoms with Gasteiger partial charge in [-0.25, -0.2) is 19.2 Å². The highest BCUT2D eigenvalue weighted by molar-refractivity contribution is 5.88. The zero-order chi connectivity index (χ0) is 36.0. The van der Waals surface area contributed by atoms with E-state index in [0.29, 0.717) is 51.7 Å². The standard InChI is InChI=1S/C30H43N5O6.C2HF3O2/c1-22(24-14-6-3-7-15-24)20-33-27(36)25(34-29(39)35-26(28(37)38)17-8-10-18-31)16-9-11-19-32-30(40)41-21-23-12-4-2-5-13-23;3-2(4,5)1(6)7/h2-7,12-15,22,25-26H,8-11,16-21,31H2,1H3,(H,32,40)(H,33,36)(H,37,38)(H2,34,35,39);(H,6,7)/t22?,25-,26+;/m1./s1. The number of hydrogen-bond donors (Lipinski definition) is 7. The molecule has 0 aliphatic rings. The van der Waals surface area contributed by atoms with Crippen LogP contribution in [-0.2, 0) is 25.7 Å². The number of aliphatic carboxylic acids is 2. The molecule has 0 bridgehead atoms. The topological polar surface area (TPSA) is 209 Å². The average Bonchev–Trinajstić information content (AvgIpc) is 3.05. The zero-order valence-electron chi connectivity index (χ0n) is 26.6. The molecule has 48 heavy (non-hydrogen) atoms. The number of amides is 4. The van der Waals surface area contributed by atoms with Crippen molar-refractivity contribution in [1.82, 2.24) is 21.3 Å². The number of nitrogens with one attached hydrogen (secondary N) is 4. The first-order valence-corrected chi connectivity index (χ1v) is 15.3. The van der Waals surface area contributed by atoms with Gasteiger partial charge in [-0.1, -0.05) is 67.6 Å². The molecule has 16 heteroatoms. The van der Waals surface area contributed by atoms with Crippen molar-refractivity contribution in [2.24, 2.45) is 5.73 Å². The van der Waals surface area contributed by atoms with Gasteiger partial charge in [-0.2, -0.15) is 13.2 Å². The number of unbranched alkanes of at least 4 members (excludes halogenated alkanes) is 2. The van der Waals surface area contributed by atoms with Crippen LogP contribution in [0.5, 0.6) is 0 Å². The van der Waals surface area contributed by atoms with E-state index in [2.05, 4.69) is 21.3 Å². The number of benzene rings is 2. The van der Waals surface area contributed by atoms with Gasteiger partial charge in [0.25, 0.3) is 0 Å². The Morgan fingerprint density at radius 2 is 1.35 bits per heavy atom. The molecule has 0 saturated heterocycles. The number of ether oxygens (including phenoxy) is 1. The number of hydrogen-bond acceptors (Lipinski definition) is 7. The molecule has 0 aliphatic heterocycles. The summed E-state index contributed by atoms with van der Waals surface area (Å²) in [6.45, 7) is 3.29. The Kier molecular flexibility index (Phi) is 19.4. The lowest BCUT2D eigenvalue weighted by atomic mass is 10.0. The summed E-state index contributed by atoms with van der Waals surface area (Å²) in [5, 5.41) is 27.3. The molecule has 0 heterocycles. The van der Waals surface area contributed by atoms with Crippen LogP contribution < -0.4 is 27.0 Å². The fourth-order valence-corrected chi connectivity index (χ4v) is 4.09. The Morgan fingerprint density at radius 1 is 0.812 bits per heavy atom. The molecule has 0 fully saturated rings. The van der Waals surface area contributed by atoms with Crippen LogP contribution in [0.4, 0.5) is 22.8 Å². The van der Waals surface area contributed by atoms with E-state index < -0.39 is 42.3 Å². The van der Waals surface area contributed by atoms with Crippen LogP contribution in [0, 0.1) is 0 Å². The highest BCUT2D eigenvalue weighted by Crippen LogP contribution is 2.14. The first-order valence-electron chi connectivity index (χ1n) is 15.3. The minimum absolute atomic E-state index is 0.0552. The number of rotatable bonds is 18. The monoisotopic (exact) mass is 683 g/mol. The second kappa shape index (κ2) is 22.6. The number of carbonyl (C=O) groups is 5. The van der Waals surface area contributed by atoms with E-state index in [1.54, 1.807) is 0 Å². The maximum absolute atomic E-state index is 13.1. The molecule has 3 atom stereocenters. The lowest BCUT2D eigenvalue weighted by Gasteiger charge is -2.22. The van der Waals surface area contributed by atoms with Gasteiger partial charge in [0.1, 0.15) is 18.7 Å². The summed E-state index contributed by atoms with van der Waals surface area (Å²) >= 11 is 0. The van der Waals surface area contributed by atoms with Crippen LogP contribution >= 0.6 is 0 Å². The van der Waals surface area contributed by atoms with E-state index in [4.69, 9.17) is 20.4 Å². The molecule has 4 amide bonds. The maximum atomic E-state index is 13.1. The average molecular weight is 684 g/mol. The molecule has 0 saturated carbocycles. The molecule has 13 nitrogen and oxygen atoms in total. The van der Waals surface area contributed by atoms with Gasteiger partial charge >= 0.3 is 30.2 Å². The maximum Gasteiger partial charge on any atom is 0.490 e. The van der Waals surface area contributed by atoms with Crippen LogP contribution in [0.3, 0.4) is 0 Å².